The minimum Gasteiger partial charge on any atom is -0.341 e. The normalized spacial score (nSPS) is 20.1. The molecule has 0 bridgehead atoms. The van der Waals surface area contributed by atoms with Crippen molar-refractivity contribution >= 4 is 11.8 Å². The van der Waals surface area contributed by atoms with Gasteiger partial charge in [0.05, 0.1) is 11.0 Å². The van der Waals surface area contributed by atoms with E-state index in [2.05, 4.69) is 48.1 Å². The van der Waals surface area contributed by atoms with E-state index in [1.54, 1.807) is 6.20 Å². The van der Waals surface area contributed by atoms with Crippen LogP contribution in [0.25, 0.3) is 0 Å². The fraction of sp³-hybridized carbons (Fsp3) is 0.519. The summed E-state index contributed by atoms with van der Waals surface area (Å²) < 4.78 is 0. The van der Waals surface area contributed by atoms with E-state index in [1.807, 2.05) is 35.8 Å². The molecule has 0 N–H and O–H groups in total. The third kappa shape index (κ3) is 5.11. The number of amides is 2. The molecule has 0 aliphatic carbocycles. The van der Waals surface area contributed by atoms with Crippen LogP contribution in [-0.2, 0) is 10.2 Å². The lowest BCUT2D eigenvalue weighted by Crippen LogP contribution is -2.47. The molecule has 2 saturated heterocycles. The number of carbonyl (C=O) groups excluding carboxylic acids is 2. The molecule has 2 fully saturated rings. The van der Waals surface area contributed by atoms with Crippen molar-refractivity contribution in [3.05, 3.63) is 65.0 Å². The van der Waals surface area contributed by atoms with Gasteiger partial charge in [0.25, 0.3) is 5.91 Å². The molecule has 33 heavy (non-hydrogen) atoms. The number of rotatable bonds is 4. The summed E-state index contributed by atoms with van der Waals surface area (Å²) in [7, 11) is 2.08. The smallest absolute Gasteiger partial charge is 0.255 e. The summed E-state index contributed by atoms with van der Waals surface area (Å²) in [5.74, 6) is 0.421. The van der Waals surface area contributed by atoms with Crippen molar-refractivity contribution in [3.63, 3.8) is 0 Å². The number of carbonyl (C=O) groups is 2. The molecule has 3 heterocycles. The van der Waals surface area contributed by atoms with Crippen LogP contribution < -0.4 is 0 Å². The summed E-state index contributed by atoms with van der Waals surface area (Å²) in [5, 5.41) is 0. The van der Waals surface area contributed by atoms with Gasteiger partial charge in [-0.05, 0) is 58.4 Å². The number of hydrogen-bond acceptors (Lipinski definition) is 4. The molecule has 176 valence electrons. The number of benzene rings is 1. The Morgan fingerprint density at radius 2 is 1.64 bits per heavy atom. The van der Waals surface area contributed by atoms with Gasteiger partial charge in [-0.25, -0.2) is 0 Å². The molecule has 2 amide bonds. The van der Waals surface area contributed by atoms with Crippen molar-refractivity contribution in [2.45, 2.75) is 44.9 Å². The van der Waals surface area contributed by atoms with Crippen LogP contribution in [0.4, 0.5) is 0 Å². The van der Waals surface area contributed by atoms with Gasteiger partial charge in [-0.2, -0.15) is 0 Å². The maximum absolute atomic E-state index is 13.5. The van der Waals surface area contributed by atoms with Crippen LogP contribution >= 0.6 is 0 Å². The van der Waals surface area contributed by atoms with Crippen LogP contribution in [0.3, 0.4) is 0 Å². The zero-order chi connectivity index (χ0) is 23.6. The first-order valence-corrected chi connectivity index (χ1v) is 12.1. The van der Waals surface area contributed by atoms with E-state index >= 15 is 0 Å². The highest BCUT2D eigenvalue weighted by Crippen LogP contribution is 2.31. The van der Waals surface area contributed by atoms with Crippen LogP contribution in [0.5, 0.6) is 0 Å². The molecule has 4 rings (SSSR count). The Balaban J connectivity index is 1.42. The molecule has 1 aromatic carbocycles. The molecule has 0 spiro atoms. The number of aromatic nitrogens is 1. The number of aryl methyl sites for hydroxylation is 1. The fourth-order valence-corrected chi connectivity index (χ4v) is 4.86. The van der Waals surface area contributed by atoms with E-state index in [0.29, 0.717) is 12.1 Å². The average molecular weight is 449 g/mol. The van der Waals surface area contributed by atoms with Crippen molar-refractivity contribution in [2.75, 3.05) is 46.3 Å². The van der Waals surface area contributed by atoms with E-state index in [4.69, 9.17) is 0 Å². The maximum atomic E-state index is 13.5. The highest BCUT2D eigenvalue weighted by molar-refractivity contribution is 5.94. The molecule has 6 nitrogen and oxygen atoms in total. The molecule has 2 aliphatic heterocycles. The van der Waals surface area contributed by atoms with E-state index < -0.39 is 5.41 Å². The second kappa shape index (κ2) is 9.64. The van der Waals surface area contributed by atoms with Crippen molar-refractivity contribution in [1.82, 2.24) is 19.7 Å². The van der Waals surface area contributed by atoms with Gasteiger partial charge in [0.2, 0.25) is 5.91 Å². The van der Waals surface area contributed by atoms with E-state index in [-0.39, 0.29) is 17.7 Å². The van der Waals surface area contributed by atoms with Gasteiger partial charge >= 0.3 is 0 Å². The molecular formula is C27H36N4O2. The lowest BCUT2D eigenvalue weighted by Gasteiger charge is -2.38. The van der Waals surface area contributed by atoms with Crippen molar-refractivity contribution in [3.8, 4) is 0 Å². The number of piperidine rings is 1. The van der Waals surface area contributed by atoms with E-state index in [9.17, 15) is 9.59 Å². The zero-order valence-corrected chi connectivity index (χ0v) is 20.4. The van der Waals surface area contributed by atoms with Crippen LogP contribution in [0.15, 0.2) is 42.6 Å². The largest absolute Gasteiger partial charge is 0.341 e. The van der Waals surface area contributed by atoms with Crippen molar-refractivity contribution in [1.29, 1.82) is 0 Å². The number of pyridine rings is 1. The summed E-state index contributed by atoms with van der Waals surface area (Å²) in [6.45, 7) is 10.9. The Morgan fingerprint density at radius 1 is 0.939 bits per heavy atom. The van der Waals surface area contributed by atoms with Crippen LogP contribution in [0.2, 0.25) is 0 Å². The van der Waals surface area contributed by atoms with Gasteiger partial charge in [0.15, 0.2) is 0 Å². The predicted octanol–water partition coefficient (Wildman–Crippen LogP) is 3.46. The molecule has 0 saturated carbocycles. The number of hydrogen-bond donors (Lipinski definition) is 0. The summed E-state index contributed by atoms with van der Waals surface area (Å²) in [6.07, 6.45) is 3.69. The van der Waals surface area contributed by atoms with Gasteiger partial charge in [-0.1, -0.05) is 29.8 Å². The molecular weight excluding hydrogens is 412 g/mol. The average Bonchev–Trinajstić information content (AvgIpc) is 2.84. The Hall–Kier alpha value is -2.73. The highest BCUT2D eigenvalue weighted by Gasteiger charge is 2.36. The van der Waals surface area contributed by atoms with Gasteiger partial charge in [0.1, 0.15) is 0 Å². The molecule has 1 atom stereocenters. The number of likely N-dealkylation sites (tertiary alicyclic amines) is 1. The Kier molecular flexibility index (Phi) is 6.84. The number of piperazine rings is 1. The highest BCUT2D eigenvalue weighted by atomic mass is 16.2. The third-order valence-corrected chi connectivity index (χ3v) is 7.26. The van der Waals surface area contributed by atoms with E-state index in [0.717, 1.165) is 56.8 Å². The first-order valence-electron chi connectivity index (χ1n) is 12.1. The van der Waals surface area contributed by atoms with Crippen molar-refractivity contribution < 1.29 is 9.59 Å². The summed E-state index contributed by atoms with van der Waals surface area (Å²) in [5.41, 5.74) is 3.29. The Bertz CT molecular complexity index is 976. The summed E-state index contributed by atoms with van der Waals surface area (Å²) in [6, 6.07) is 12.1. The summed E-state index contributed by atoms with van der Waals surface area (Å²) >= 11 is 0. The Labute approximate surface area is 197 Å². The first-order chi connectivity index (χ1) is 15.8. The lowest BCUT2D eigenvalue weighted by molar-refractivity contribution is -0.137. The van der Waals surface area contributed by atoms with E-state index in [1.165, 1.54) is 5.56 Å². The van der Waals surface area contributed by atoms with Crippen LogP contribution in [-0.4, -0.2) is 77.8 Å². The topological polar surface area (TPSA) is 56.8 Å². The molecule has 2 aromatic rings. The SMILES string of the molecule is Cc1ccc(C(C)(C)C(=O)N2CCCC(c3ccc(C(=O)N4CCN(C)CC4)cn3)C2)cc1. The molecule has 1 aromatic heterocycles. The second-order valence-electron chi connectivity index (χ2n) is 10.1. The summed E-state index contributed by atoms with van der Waals surface area (Å²) in [4.78, 5) is 37.1. The first kappa shape index (κ1) is 23.4. The fourth-order valence-electron chi connectivity index (χ4n) is 4.86. The molecule has 2 aliphatic rings. The lowest BCUT2D eigenvalue weighted by atomic mass is 9.81. The van der Waals surface area contributed by atoms with Gasteiger partial charge in [0, 0.05) is 57.1 Å². The standard InChI is InChI=1S/C27H36N4O2/c1-20-7-10-23(11-8-20)27(2,3)26(33)31-13-5-6-22(19-31)24-12-9-21(18-28-24)25(32)30-16-14-29(4)15-17-30/h7-12,18,22H,5-6,13-17,19H2,1-4H3. The van der Waals surface area contributed by atoms with Crippen LogP contribution in [0.1, 0.15) is 59.8 Å². The minimum atomic E-state index is -0.568. The zero-order valence-electron chi connectivity index (χ0n) is 20.4. The van der Waals surface area contributed by atoms with Crippen molar-refractivity contribution in [2.24, 2.45) is 0 Å². The third-order valence-electron chi connectivity index (χ3n) is 7.26. The molecule has 0 radical (unpaired) electrons. The van der Waals surface area contributed by atoms with Crippen LogP contribution in [0, 0.1) is 6.92 Å². The maximum Gasteiger partial charge on any atom is 0.255 e. The minimum absolute atomic E-state index is 0.0578. The predicted molar refractivity (Wildman–Crippen MR) is 130 cm³/mol. The van der Waals surface area contributed by atoms with Gasteiger partial charge in [-0.3, -0.25) is 14.6 Å². The Morgan fingerprint density at radius 3 is 2.27 bits per heavy atom. The van der Waals surface area contributed by atoms with Gasteiger partial charge in [-0.15, -0.1) is 0 Å². The monoisotopic (exact) mass is 448 g/mol. The number of likely N-dealkylation sites (N-methyl/N-ethyl adjacent to an activating group) is 1. The quantitative estimate of drug-likeness (QED) is 0.719. The number of nitrogens with zero attached hydrogens (tertiary/aromatic N) is 4. The molecule has 1 unspecified atom stereocenters. The van der Waals surface area contributed by atoms with Gasteiger partial charge < -0.3 is 14.7 Å². The molecule has 6 heteroatoms. The second-order valence-corrected chi connectivity index (χ2v) is 10.1.